The highest BCUT2D eigenvalue weighted by atomic mass is 16.6. The molecular formula is C19H17N5O5. The summed E-state index contributed by atoms with van der Waals surface area (Å²) >= 11 is 0. The lowest BCUT2D eigenvalue weighted by Gasteiger charge is -2.17. The zero-order valence-electron chi connectivity index (χ0n) is 15.0. The van der Waals surface area contributed by atoms with Gasteiger partial charge in [0.2, 0.25) is 0 Å². The van der Waals surface area contributed by atoms with Gasteiger partial charge in [-0.2, -0.15) is 5.26 Å². The maximum atomic E-state index is 12.5. The number of amides is 1. The summed E-state index contributed by atoms with van der Waals surface area (Å²) in [6, 6.07) is 10.5. The minimum atomic E-state index is -1.34. The second-order valence-corrected chi connectivity index (χ2v) is 6.53. The van der Waals surface area contributed by atoms with Gasteiger partial charge < -0.3 is 29.9 Å². The molecule has 0 radical (unpaired) electrons. The molecule has 1 aromatic carbocycles. The minimum Gasteiger partial charge on any atom is -0.394 e. The molecule has 0 bridgehead atoms. The van der Waals surface area contributed by atoms with Gasteiger partial charge in [0.15, 0.2) is 6.23 Å². The van der Waals surface area contributed by atoms with Gasteiger partial charge in [-0.3, -0.25) is 4.79 Å². The monoisotopic (exact) mass is 395 g/mol. The first-order chi connectivity index (χ1) is 14.0. The van der Waals surface area contributed by atoms with Gasteiger partial charge >= 0.3 is 0 Å². The fourth-order valence-corrected chi connectivity index (χ4v) is 3.34. The van der Waals surface area contributed by atoms with Crippen LogP contribution in [0.1, 0.15) is 22.1 Å². The lowest BCUT2D eigenvalue weighted by molar-refractivity contribution is -0.0508. The molecule has 2 aromatic heterocycles. The van der Waals surface area contributed by atoms with Crippen LogP contribution in [0.4, 0.5) is 5.82 Å². The van der Waals surface area contributed by atoms with Gasteiger partial charge in [0.1, 0.15) is 42.2 Å². The van der Waals surface area contributed by atoms with E-state index in [2.05, 4.69) is 15.3 Å². The van der Waals surface area contributed by atoms with Crippen molar-refractivity contribution in [2.75, 3.05) is 11.9 Å². The van der Waals surface area contributed by atoms with Crippen molar-refractivity contribution >= 4 is 22.8 Å². The number of rotatable bonds is 4. The number of aromatic nitrogens is 3. The first kappa shape index (κ1) is 19.0. The van der Waals surface area contributed by atoms with E-state index in [0.29, 0.717) is 5.56 Å². The highest BCUT2D eigenvalue weighted by molar-refractivity contribution is 6.08. The maximum absolute atomic E-state index is 12.5. The Morgan fingerprint density at radius 2 is 2.00 bits per heavy atom. The summed E-state index contributed by atoms with van der Waals surface area (Å²) < 4.78 is 6.92. The van der Waals surface area contributed by atoms with Gasteiger partial charge in [-0.1, -0.05) is 18.2 Å². The van der Waals surface area contributed by atoms with Crippen LogP contribution < -0.4 is 5.32 Å². The molecule has 4 unspecified atom stereocenters. The van der Waals surface area contributed by atoms with Crippen LogP contribution in [0.15, 0.2) is 42.9 Å². The Morgan fingerprint density at radius 3 is 2.66 bits per heavy atom. The number of ether oxygens (including phenoxy) is 1. The van der Waals surface area contributed by atoms with E-state index in [1.807, 2.05) is 6.07 Å². The smallest absolute Gasteiger partial charge is 0.256 e. The number of nitrogens with zero attached hydrogens (tertiary/aromatic N) is 4. The minimum absolute atomic E-state index is 0.130. The molecular weight excluding hydrogens is 378 g/mol. The third-order valence-corrected chi connectivity index (χ3v) is 4.79. The summed E-state index contributed by atoms with van der Waals surface area (Å²) in [5, 5.41) is 42.1. The van der Waals surface area contributed by atoms with Crippen LogP contribution >= 0.6 is 0 Å². The summed E-state index contributed by atoms with van der Waals surface area (Å²) in [5.41, 5.74) is 0.803. The lowest BCUT2D eigenvalue weighted by atomic mass is 10.1. The summed E-state index contributed by atoms with van der Waals surface area (Å²) in [6.45, 7) is -0.480. The van der Waals surface area contributed by atoms with E-state index in [4.69, 9.17) is 4.74 Å². The van der Waals surface area contributed by atoms with Crippen molar-refractivity contribution < 1.29 is 24.9 Å². The van der Waals surface area contributed by atoms with Crippen LogP contribution in [0.2, 0.25) is 0 Å². The number of fused-ring (bicyclic) bond motifs is 1. The van der Waals surface area contributed by atoms with Crippen LogP contribution in [0.5, 0.6) is 0 Å². The van der Waals surface area contributed by atoms with Gasteiger partial charge in [0.05, 0.1) is 17.6 Å². The Bertz CT molecular complexity index is 1090. The van der Waals surface area contributed by atoms with E-state index in [1.54, 1.807) is 30.3 Å². The standard InChI is InChI=1S/C19H17N5O5/c20-6-11-7-24(19-15(27)14(26)12(8-25)29-19)17-13(11)16(21-9-22-17)23-18(28)10-4-2-1-3-5-10/h1-5,7,9,12,14-15,19,25-27H,8H2,(H,21,22,23,28). The quantitative estimate of drug-likeness (QED) is 0.487. The van der Waals surface area contributed by atoms with Gasteiger partial charge in [0.25, 0.3) is 5.91 Å². The highest BCUT2D eigenvalue weighted by Gasteiger charge is 2.44. The summed E-state index contributed by atoms with van der Waals surface area (Å²) in [5.74, 6) is -0.277. The molecule has 29 heavy (non-hydrogen) atoms. The molecule has 10 heteroatoms. The Labute approximate surface area is 164 Å². The lowest BCUT2D eigenvalue weighted by Crippen LogP contribution is -2.33. The number of benzene rings is 1. The number of hydrogen-bond acceptors (Lipinski definition) is 8. The van der Waals surface area contributed by atoms with Gasteiger partial charge in [-0.15, -0.1) is 0 Å². The molecule has 4 N–H and O–H groups in total. The molecule has 1 saturated heterocycles. The van der Waals surface area contributed by atoms with Gasteiger partial charge in [0, 0.05) is 11.8 Å². The van der Waals surface area contributed by atoms with Crippen LogP contribution in [0.25, 0.3) is 11.0 Å². The molecule has 1 aliphatic heterocycles. The Morgan fingerprint density at radius 1 is 1.24 bits per heavy atom. The molecule has 4 atom stereocenters. The van der Waals surface area contributed by atoms with E-state index in [9.17, 15) is 25.4 Å². The highest BCUT2D eigenvalue weighted by Crippen LogP contribution is 2.34. The molecule has 0 saturated carbocycles. The van der Waals surface area contributed by atoms with Crippen molar-refractivity contribution in [2.45, 2.75) is 24.5 Å². The van der Waals surface area contributed by atoms with Crippen molar-refractivity contribution in [1.29, 1.82) is 5.26 Å². The number of anilines is 1. The fourth-order valence-electron chi connectivity index (χ4n) is 3.34. The van der Waals surface area contributed by atoms with Gasteiger partial charge in [-0.05, 0) is 12.1 Å². The molecule has 1 fully saturated rings. The summed E-state index contributed by atoms with van der Waals surface area (Å²) in [7, 11) is 0. The van der Waals surface area contributed by atoms with E-state index in [-0.39, 0.29) is 22.4 Å². The molecule has 1 amide bonds. The predicted octanol–water partition coefficient (Wildman–Crippen LogP) is 0.167. The molecule has 10 nitrogen and oxygen atoms in total. The second kappa shape index (κ2) is 7.57. The summed E-state index contributed by atoms with van der Waals surface area (Å²) in [6.07, 6.45) is -2.07. The number of carbonyl (C=O) groups is 1. The van der Waals surface area contributed by atoms with E-state index < -0.39 is 37.1 Å². The van der Waals surface area contributed by atoms with Crippen molar-refractivity contribution in [2.24, 2.45) is 0 Å². The Balaban J connectivity index is 1.76. The average Bonchev–Trinajstić information content (AvgIpc) is 3.26. The van der Waals surface area contributed by atoms with Crippen LogP contribution in [0, 0.1) is 11.3 Å². The SMILES string of the molecule is N#Cc1cn(C2OC(CO)C(O)C2O)c2ncnc(NC(=O)c3ccccc3)c12. The van der Waals surface area contributed by atoms with E-state index >= 15 is 0 Å². The number of hydrogen-bond donors (Lipinski definition) is 4. The molecule has 148 valence electrons. The third-order valence-electron chi connectivity index (χ3n) is 4.79. The number of aliphatic hydroxyl groups excluding tert-OH is 3. The van der Waals surface area contributed by atoms with Crippen LogP contribution in [-0.4, -0.2) is 60.7 Å². The molecule has 3 aromatic rings. The first-order valence-corrected chi connectivity index (χ1v) is 8.79. The molecule has 0 spiro atoms. The normalized spacial score (nSPS) is 23.8. The number of carbonyl (C=O) groups excluding carboxylic acids is 1. The van der Waals surface area contributed by atoms with Crippen LogP contribution in [0.3, 0.4) is 0 Å². The summed E-state index contributed by atoms with van der Waals surface area (Å²) in [4.78, 5) is 20.8. The third kappa shape index (κ3) is 3.22. The molecule has 3 heterocycles. The molecule has 4 rings (SSSR count). The topological polar surface area (TPSA) is 154 Å². The fraction of sp³-hybridized carbons (Fsp3) is 0.263. The second-order valence-electron chi connectivity index (χ2n) is 6.53. The zero-order valence-corrected chi connectivity index (χ0v) is 15.0. The van der Waals surface area contributed by atoms with E-state index in [1.165, 1.54) is 17.1 Å². The number of nitrogens with one attached hydrogen (secondary N) is 1. The Kier molecular flexibility index (Phi) is 4.96. The average molecular weight is 395 g/mol. The first-order valence-electron chi connectivity index (χ1n) is 8.79. The number of nitriles is 1. The largest absolute Gasteiger partial charge is 0.394 e. The zero-order chi connectivity index (χ0) is 20.5. The molecule has 1 aliphatic rings. The van der Waals surface area contributed by atoms with Crippen molar-refractivity contribution in [1.82, 2.24) is 14.5 Å². The molecule has 0 aliphatic carbocycles. The Hall–Kier alpha value is -3.36. The predicted molar refractivity (Wildman–Crippen MR) is 99.6 cm³/mol. The van der Waals surface area contributed by atoms with Crippen molar-refractivity contribution in [3.05, 3.63) is 54.0 Å². The van der Waals surface area contributed by atoms with E-state index in [0.717, 1.165) is 0 Å². The van der Waals surface area contributed by atoms with Gasteiger partial charge in [-0.25, -0.2) is 9.97 Å². The number of aliphatic hydroxyl groups is 3. The van der Waals surface area contributed by atoms with Crippen LogP contribution in [-0.2, 0) is 4.74 Å². The van der Waals surface area contributed by atoms with Crippen molar-refractivity contribution in [3.8, 4) is 6.07 Å². The maximum Gasteiger partial charge on any atom is 0.256 e. The van der Waals surface area contributed by atoms with Crippen molar-refractivity contribution in [3.63, 3.8) is 0 Å².